The van der Waals surface area contributed by atoms with Crippen molar-refractivity contribution in [1.29, 1.82) is 0 Å². The van der Waals surface area contributed by atoms with Crippen molar-refractivity contribution in [2.75, 3.05) is 13.1 Å². The second kappa shape index (κ2) is 10.2. The zero-order valence-corrected chi connectivity index (χ0v) is 20.1. The highest BCUT2D eigenvalue weighted by atomic mass is 127. The van der Waals surface area contributed by atoms with E-state index >= 15 is 0 Å². The SMILES string of the molecule is CCNC(=NCc1ccc(C(C)(C)C)cc1)NCC(C)(O)c1cnn(C)c1.I. The summed E-state index contributed by atoms with van der Waals surface area (Å²) in [5, 5.41) is 21.3. The fourth-order valence-electron chi connectivity index (χ4n) is 2.68. The van der Waals surface area contributed by atoms with Gasteiger partial charge in [0.15, 0.2) is 5.96 Å². The molecule has 2 rings (SSSR count). The molecule has 0 radical (unpaired) electrons. The van der Waals surface area contributed by atoms with E-state index in [1.807, 2.05) is 20.2 Å². The number of nitrogens with one attached hydrogen (secondary N) is 2. The van der Waals surface area contributed by atoms with Crippen LogP contribution in [0.15, 0.2) is 41.7 Å². The van der Waals surface area contributed by atoms with Gasteiger partial charge >= 0.3 is 0 Å². The minimum Gasteiger partial charge on any atom is -0.383 e. The third kappa shape index (κ3) is 7.09. The number of aliphatic imine (C=N–C) groups is 1. The average molecular weight is 499 g/mol. The highest BCUT2D eigenvalue weighted by Crippen LogP contribution is 2.22. The summed E-state index contributed by atoms with van der Waals surface area (Å²) in [6.07, 6.45) is 3.51. The predicted molar refractivity (Wildman–Crippen MR) is 126 cm³/mol. The summed E-state index contributed by atoms with van der Waals surface area (Å²) in [4.78, 5) is 4.64. The number of halogens is 1. The van der Waals surface area contributed by atoms with Crippen LogP contribution in [-0.2, 0) is 24.6 Å². The van der Waals surface area contributed by atoms with Crippen molar-refractivity contribution in [3.8, 4) is 0 Å². The molecular formula is C21H34IN5O. The van der Waals surface area contributed by atoms with Crippen LogP contribution in [0.5, 0.6) is 0 Å². The van der Waals surface area contributed by atoms with Crippen LogP contribution < -0.4 is 10.6 Å². The number of nitrogens with zero attached hydrogens (tertiary/aromatic N) is 3. The molecule has 28 heavy (non-hydrogen) atoms. The molecule has 0 bridgehead atoms. The minimum absolute atomic E-state index is 0. The van der Waals surface area contributed by atoms with Crippen molar-refractivity contribution in [3.63, 3.8) is 0 Å². The number of aliphatic hydroxyl groups is 1. The molecule has 1 atom stereocenters. The largest absolute Gasteiger partial charge is 0.383 e. The lowest BCUT2D eigenvalue weighted by molar-refractivity contribution is 0.0616. The Morgan fingerprint density at radius 3 is 2.25 bits per heavy atom. The summed E-state index contributed by atoms with van der Waals surface area (Å²) in [6.45, 7) is 12.1. The Balaban J connectivity index is 0.00000392. The van der Waals surface area contributed by atoms with Gasteiger partial charge in [-0.15, -0.1) is 24.0 Å². The highest BCUT2D eigenvalue weighted by Gasteiger charge is 2.25. The van der Waals surface area contributed by atoms with E-state index in [1.165, 1.54) is 5.56 Å². The molecule has 2 aromatic rings. The van der Waals surface area contributed by atoms with Gasteiger partial charge in [0.2, 0.25) is 0 Å². The van der Waals surface area contributed by atoms with Gasteiger partial charge in [-0.2, -0.15) is 5.10 Å². The maximum Gasteiger partial charge on any atom is 0.191 e. The molecule has 0 amide bonds. The third-order valence-electron chi connectivity index (χ3n) is 4.51. The monoisotopic (exact) mass is 499 g/mol. The van der Waals surface area contributed by atoms with Gasteiger partial charge < -0.3 is 15.7 Å². The van der Waals surface area contributed by atoms with Crippen molar-refractivity contribution in [1.82, 2.24) is 20.4 Å². The molecule has 0 saturated carbocycles. The molecule has 6 nitrogen and oxygen atoms in total. The van der Waals surface area contributed by atoms with Crippen LogP contribution in [0, 0.1) is 0 Å². The van der Waals surface area contributed by atoms with E-state index in [0.29, 0.717) is 19.0 Å². The van der Waals surface area contributed by atoms with Crippen molar-refractivity contribution < 1.29 is 5.11 Å². The van der Waals surface area contributed by atoms with E-state index in [1.54, 1.807) is 17.8 Å². The number of hydrogen-bond acceptors (Lipinski definition) is 3. The van der Waals surface area contributed by atoms with Crippen molar-refractivity contribution in [2.24, 2.45) is 12.0 Å². The van der Waals surface area contributed by atoms with E-state index < -0.39 is 5.60 Å². The first-order chi connectivity index (χ1) is 12.6. The van der Waals surface area contributed by atoms with Crippen LogP contribution in [0.2, 0.25) is 0 Å². The van der Waals surface area contributed by atoms with Gasteiger partial charge in [0, 0.05) is 25.4 Å². The second-order valence-corrected chi connectivity index (χ2v) is 8.17. The summed E-state index contributed by atoms with van der Waals surface area (Å²) in [7, 11) is 1.84. The van der Waals surface area contributed by atoms with E-state index in [4.69, 9.17) is 0 Å². The molecule has 0 fully saturated rings. The van der Waals surface area contributed by atoms with Gasteiger partial charge in [-0.25, -0.2) is 4.99 Å². The minimum atomic E-state index is -1.03. The lowest BCUT2D eigenvalue weighted by atomic mass is 9.87. The molecule has 1 aromatic heterocycles. The van der Waals surface area contributed by atoms with Gasteiger partial charge in [-0.1, -0.05) is 45.0 Å². The first kappa shape index (κ1) is 24.4. The number of aromatic nitrogens is 2. The standard InChI is InChI=1S/C21H33N5O.HI/c1-7-22-19(24-15-21(5,27)18-13-25-26(6)14-18)23-12-16-8-10-17(11-9-16)20(2,3)4;/h8-11,13-14,27H,7,12,15H2,1-6H3,(H2,22,23,24);1H. The number of rotatable bonds is 6. The number of hydrogen-bond donors (Lipinski definition) is 3. The molecule has 0 saturated heterocycles. The van der Waals surface area contributed by atoms with Gasteiger partial charge in [0.05, 0.1) is 19.3 Å². The Morgan fingerprint density at radius 1 is 1.11 bits per heavy atom. The Labute approximate surface area is 185 Å². The lowest BCUT2D eigenvalue weighted by Crippen LogP contribution is -2.44. The van der Waals surface area contributed by atoms with E-state index in [2.05, 4.69) is 65.8 Å². The zero-order chi connectivity index (χ0) is 20.1. The van der Waals surface area contributed by atoms with Gasteiger partial charge in [-0.05, 0) is 30.4 Å². The molecular weight excluding hydrogens is 465 g/mol. The molecule has 156 valence electrons. The van der Waals surface area contributed by atoms with Crippen LogP contribution in [0.25, 0.3) is 0 Å². The van der Waals surface area contributed by atoms with Gasteiger partial charge in [0.1, 0.15) is 5.60 Å². The average Bonchev–Trinajstić information content (AvgIpc) is 3.04. The molecule has 0 aliphatic carbocycles. The maximum atomic E-state index is 10.7. The normalized spacial score (nSPS) is 14.2. The van der Waals surface area contributed by atoms with Crippen LogP contribution in [0.3, 0.4) is 0 Å². The Morgan fingerprint density at radius 2 is 1.75 bits per heavy atom. The molecule has 0 aliphatic rings. The molecule has 0 aliphatic heterocycles. The van der Waals surface area contributed by atoms with Crippen LogP contribution in [-0.4, -0.2) is 33.9 Å². The summed E-state index contributed by atoms with van der Waals surface area (Å²) >= 11 is 0. The summed E-state index contributed by atoms with van der Waals surface area (Å²) in [5.41, 5.74) is 2.35. The van der Waals surface area contributed by atoms with E-state index in [0.717, 1.165) is 17.7 Å². The second-order valence-electron chi connectivity index (χ2n) is 8.17. The van der Waals surface area contributed by atoms with Crippen LogP contribution in [0.4, 0.5) is 0 Å². The van der Waals surface area contributed by atoms with Crippen molar-refractivity contribution in [2.45, 2.75) is 52.2 Å². The predicted octanol–water partition coefficient (Wildman–Crippen LogP) is 3.30. The Bertz CT molecular complexity index is 760. The van der Waals surface area contributed by atoms with Gasteiger partial charge in [-0.3, -0.25) is 4.68 Å². The maximum absolute atomic E-state index is 10.7. The first-order valence-electron chi connectivity index (χ1n) is 9.45. The zero-order valence-electron chi connectivity index (χ0n) is 17.8. The van der Waals surface area contributed by atoms with Crippen LogP contribution in [0.1, 0.15) is 51.3 Å². The van der Waals surface area contributed by atoms with Crippen molar-refractivity contribution in [3.05, 3.63) is 53.3 Å². The topological polar surface area (TPSA) is 74.5 Å². The highest BCUT2D eigenvalue weighted by molar-refractivity contribution is 14.0. The smallest absolute Gasteiger partial charge is 0.191 e. The first-order valence-corrected chi connectivity index (χ1v) is 9.45. The van der Waals surface area contributed by atoms with Crippen LogP contribution >= 0.6 is 24.0 Å². The number of guanidine groups is 1. The molecule has 1 unspecified atom stereocenters. The fraction of sp³-hybridized carbons (Fsp3) is 0.524. The Kier molecular flexibility index (Phi) is 8.94. The number of aryl methyl sites for hydroxylation is 1. The molecule has 1 heterocycles. The third-order valence-corrected chi connectivity index (χ3v) is 4.51. The summed E-state index contributed by atoms with van der Waals surface area (Å²) < 4.78 is 1.68. The quantitative estimate of drug-likeness (QED) is 0.324. The van der Waals surface area contributed by atoms with E-state index in [9.17, 15) is 5.11 Å². The van der Waals surface area contributed by atoms with Gasteiger partial charge in [0.25, 0.3) is 0 Å². The van der Waals surface area contributed by atoms with Crippen molar-refractivity contribution >= 4 is 29.9 Å². The number of benzene rings is 1. The summed E-state index contributed by atoms with van der Waals surface area (Å²) in [6, 6.07) is 8.58. The summed E-state index contributed by atoms with van der Waals surface area (Å²) in [5.74, 6) is 0.682. The molecule has 7 heteroatoms. The molecule has 3 N–H and O–H groups in total. The van der Waals surface area contributed by atoms with E-state index in [-0.39, 0.29) is 29.4 Å². The molecule has 0 spiro atoms. The lowest BCUT2D eigenvalue weighted by Gasteiger charge is -2.23. The molecule has 1 aromatic carbocycles. The Hall–Kier alpha value is -1.61. The fourth-order valence-corrected chi connectivity index (χ4v) is 2.68.